The van der Waals surface area contributed by atoms with Gasteiger partial charge in [-0.05, 0) is 72.9 Å². The van der Waals surface area contributed by atoms with E-state index >= 15 is 0 Å². The second kappa shape index (κ2) is 9.06. The quantitative estimate of drug-likeness (QED) is 0.306. The monoisotopic (exact) mass is 495 g/mol. The largest absolute Gasteiger partial charge is 0.497 e. The molecule has 166 valence electrons. The Hall–Kier alpha value is -3.06. The molecule has 8 heteroatoms. The lowest BCUT2D eigenvalue weighted by Gasteiger charge is -2.26. The van der Waals surface area contributed by atoms with Crippen molar-refractivity contribution in [1.82, 2.24) is 10.3 Å². The predicted octanol–water partition coefficient (Wildman–Crippen LogP) is 6.83. The van der Waals surface area contributed by atoms with Crippen LogP contribution in [-0.4, -0.2) is 17.2 Å². The summed E-state index contributed by atoms with van der Waals surface area (Å²) in [7, 11) is 1.64. The van der Waals surface area contributed by atoms with E-state index in [1.54, 1.807) is 19.4 Å². The number of furan rings is 1. The summed E-state index contributed by atoms with van der Waals surface area (Å²) in [4.78, 5) is 6.61. The van der Waals surface area contributed by atoms with Gasteiger partial charge in [-0.25, -0.2) is 0 Å². The van der Waals surface area contributed by atoms with Crippen molar-refractivity contribution in [3.05, 3.63) is 100 Å². The highest BCUT2D eigenvalue weighted by Crippen LogP contribution is 2.44. The average molecular weight is 496 g/mol. The molecule has 3 heterocycles. The Balaban J connectivity index is 1.60. The molecule has 0 radical (unpaired) electrons. The number of aromatic nitrogens is 1. The van der Waals surface area contributed by atoms with Crippen molar-refractivity contribution >= 4 is 46.2 Å². The van der Waals surface area contributed by atoms with Crippen LogP contribution in [-0.2, 0) is 0 Å². The Morgan fingerprint density at radius 1 is 1.00 bits per heavy atom. The SMILES string of the molecule is COc1ccc(N2C(=S)N[C@H](c3ccccn3)[C@H]2c2ccc(-c3cccc(Cl)c3Cl)o2)cc1. The minimum atomic E-state index is -0.271. The highest BCUT2D eigenvalue weighted by Gasteiger charge is 2.42. The molecule has 0 bridgehead atoms. The molecule has 5 nitrogen and oxygen atoms in total. The van der Waals surface area contributed by atoms with Gasteiger partial charge in [0, 0.05) is 17.4 Å². The number of thiocarbonyl (C=S) groups is 1. The number of ether oxygens (including phenoxy) is 1. The van der Waals surface area contributed by atoms with Crippen LogP contribution in [0.15, 0.2) is 83.4 Å². The minimum Gasteiger partial charge on any atom is -0.497 e. The number of methoxy groups -OCH3 is 1. The zero-order valence-corrected chi connectivity index (χ0v) is 19.9. The number of anilines is 1. The lowest BCUT2D eigenvalue weighted by atomic mass is 10.0. The standard InChI is InChI=1S/C25H19Cl2N3O2S/c1-31-16-10-8-15(9-11-16)30-24(23(29-25(30)33)19-7-2-3-14-28-19)21-13-12-20(32-21)17-5-4-6-18(26)22(17)27/h2-14,23-24H,1H3,(H,29,33)/t23-,24-/m1/s1. The van der Waals surface area contributed by atoms with E-state index in [2.05, 4.69) is 10.3 Å². The Kier molecular flexibility index (Phi) is 5.98. The van der Waals surface area contributed by atoms with Gasteiger partial charge >= 0.3 is 0 Å². The van der Waals surface area contributed by atoms with Crippen LogP contribution in [0.3, 0.4) is 0 Å². The van der Waals surface area contributed by atoms with Gasteiger partial charge < -0.3 is 19.4 Å². The van der Waals surface area contributed by atoms with Gasteiger partial charge in [0.15, 0.2) is 5.11 Å². The molecule has 1 aliphatic heterocycles. The van der Waals surface area contributed by atoms with E-state index in [9.17, 15) is 0 Å². The highest BCUT2D eigenvalue weighted by atomic mass is 35.5. The summed E-state index contributed by atoms with van der Waals surface area (Å²) in [5.74, 6) is 2.12. The first-order valence-corrected chi connectivity index (χ1v) is 11.4. The van der Waals surface area contributed by atoms with Crippen LogP contribution in [0.1, 0.15) is 23.5 Å². The van der Waals surface area contributed by atoms with Gasteiger partial charge in [0.05, 0.1) is 28.9 Å². The van der Waals surface area contributed by atoms with Crippen molar-refractivity contribution in [3.8, 4) is 17.1 Å². The first-order chi connectivity index (χ1) is 16.1. The number of nitrogens with zero attached hydrogens (tertiary/aromatic N) is 2. The normalized spacial score (nSPS) is 17.8. The third kappa shape index (κ3) is 4.06. The summed E-state index contributed by atoms with van der Waals surface area (Å²) < 4.78 is 11.7. The molecule has 1 fully saturated rings. The van der Waals surface area contributed by atoms with Gasteiger partial charge in [0.1, 0.15) is 23.3 Å². The molecule has 1 saturated heterocycles. The van der Waals surface area contributed by atoms with Crippen LogP contribution < -0.4 is 15.0 Å². The van der Waals surface area contributed by atoms with Crippen molar-refractivity contribution in [1.29, 1.82) is 0 Å². The Morgan fingerprint density at radius 2 is 1.82 bits per heavy atom. The maximum absolute atomic E-state index is 6.44. The molecule has 2 atom stereocenters. The Bertz CT molecular complexity index is 1290. The number of hydrogen-bond acceptors (Lipinski definition) is 4. The lowest BCUT2D eigenvalue weighted by molar-refractivity contribution is 0.414. The van der Waals surface area contributed by atoms with Gasteiger partial charge in [0.25, 0.3) is 0 Å². The van der Waals surface area contributed by atoms with Crippen molar-refractivity contribution in [3.63, 3.8) is 0 Å². The summed E-state index contributed by atoms with van der Waals surface area (Å²) in [6.45, 7) is 0. The zero-order valence-electron chi connectivity index (χ0n) is 17.5. The van der Waals surface area contributed by atoms with Gasteiger partial charge in [-0.1, -0.05) is 35.3 Å². The van der Waals surface area contributed by atoms with Crippen LogP contribution in [0.4, 0.5) is 5.69 Å². The summed E-state index contributed by atoms with van der Waals surface area (Å²) in [5.41, 5.74) is 2.50. The van der Waals surface area contributed by atoms with Crippen LogP contribution >= 0.6 is 35.4 Å². The summed E-state index contributed by atoms with van der Waals surface area (Å²) in [6.07, 6.45) is 1.77. The van der Waals surface area contributed by atoms with Gasteiger partial charge in [0.2, 0.25) is 0 Å². The third-order valence-electron chi connectivity index (χ3n) is 5.58. The number of hydrogen-bond donors (Lipinski definition) is 1. The van der Waals surface area contributed by atoms with Gasteiger partial charge in [-0.2, -0.15) is 0 Å². The van der Waals surface area contributed by atoms with Crippen molar-refractivity contribution in [2.24, 2.45) is 0 Å². The topological polar surface area (TPSA) is 50.5 Å². The smallest absolute Gasteiger partial charge is 0.174 e. The molecule has 0 amide bonds. The molecule has 0 unspecified atom stereocenters. The fourth-order valence-electron chi connectivity index (χ4n) is 4.02. The molecule has 2 aromatic carbocycles. The number of halogens is 2. The van der Waals surface area contributed by atoms with Crippen LogP contribution in [0.5, 0.6) is 5.75 Å². The molecule has 1 N–H and O–H groups in total. The maximum atomic E-state index is 6.44. The molecule has 5 rings (SSSR count). The molecular formula is C25H19Cl2N3O2S. The molecule has 0 aliphatic carbocycles. The van der Waals surface area contributed by atoms with Gasteiger partial charge in [-0.3, -0.25) is 4.98 Å². The van der Waals surface area contributed by atoms with E-state index in [1.165, 1.54) is 0 Å². The van der Waals surface area contributed by atoms with E-state index in [0.29, 0.717) is 20.9 Å². The predicted molar refractivity (Wildman–Crippen MR) is 135 cm³/mol. The van der Waals surface area contributed by atoms with E-state index < -0.39 is 0 Å². The van der Waals surface area contributed by atoms with E-state index in [1.807, 2.05) is 71.6 Å². The molecule has 4 aromatic rings. The van der Waals surface area contributed by atoms with Gasteiger partial charge in [-0.15, -0.1) is 0 Å². The second-order valence-corrected chi connectivity index (χ2v) is 8.67. The summed E-state index contributed by atoms with van der Waals surface area (Å²) >= 11 is 18.4. The summed E-state index contributed by atoms with van der Waals surface area (Å²) in [6, 6.07) is 22.4. The maximum Gasteiger partial charge on any atom is 0.174 e. The number of nitrogens with one attached hydrogen (secondary N) is 1. The van der Waals surface area contributed by atoms with Crippen LogP contribution in [0.2, 0.25) is 10.0 Å². The van der Waals surface area contributed by atoms with E-state index in [-0.39, 0.29) is 12.1 Å². The first kappa shape index (κ1) is 21.8. The fraction of sp³-hybridized carbons (Fsp3) is 0.120. The van der Waals surface area contributed by atoms with Crippen LogP contribution in [0, 0.1) is 0 Å². The Morgan fingerprint density at radius 3 is 2.55 bits per heavy atom. The number of pyridine rings is 1. The second-order valence-electron chi connectivity index (χ2n) is 7.50. The molecule has 33 heavy (non-hydrogen) atoms. The number of rotatable bonds is 5. The molecule has 0 saturated carbocycles. The van der Waals surface area contributed by atoms with E-state index in [4.69, 9.17) is 44.6 Å². The molecule has 0 spiro atoms. The third-order valence-corrected chi connectivity index (χ3v) is 6.72. The first-order valence-electron chi connectivity index (χ1n) is 10.3. The highest BCUT2D eigenvalue weighted by molar-refractivity contribution is 7.80. The van der Waals surface area contributed by atoms with Crippen molar-refractivity contribution in [2.75, 3.05) is 12.0 Å². The fourth-order valence-corrected chi connectivity index (χ4v) is 4.75. The van der Waals surface area contributed by atoms with E-state index in [0.717, 1.165) is 28.5 Å². The lowest BCUT2D eigenvalue weighted by Crippen LogP contribution is -2.29. The van der Waals surface area contributed by atoms with Crippen molar-refractivity contribution < 1.29 is 9.15 Å². The molecule has 1 aliphatic rings. The van der Waals surface area contributed by atoms with Crippen molar-refractivity contribution in [2.45, 2.75) is 12.1 Å². The number of benzene rings is 2. The summed E-state index contributed by atoms with van der Waals surface area (Å²) in [5, 5.41) is 4.93. The molecular weight excluding hydrogens is 477 g/mol. The Labute approximate surface area is 206 Å². The molecule has 2 aromatic heterocycles. The average Bonchev–Trinajstić information content (AvgIpc) is 3.46. The minimum absolute atomic E-state index is 0.213. The van der Waals surface area contributed by atoms with Crippen LogP contribution in [0.25, 0.3) is 11.3 Å². The zero-order chi connectivity index (χ0) is 22.9.